The van der Waals surface area contributed by atoms with Crippen molar-refractivity contribution in [2.24, 2.45) is 16.6 Å². The van der Waals surface area contributed by atoms with E-state index in [1.54, 1.807) is 0 Å². The van der Waals surface area contributed by atoms with Crippen LogP contribution < -0.4 is 5.73 Å². The van der Waals surface area contributed by atoms with Crippen molar-refractivity contribution in [1.29, 1.82) is 0 Å². The fourth-order valence-corrected chi connectivity index (χ4v) is 3.43. The Labute approximate surface area is 129 Å². The van der Waals surface area contributed by atoms with Crippen molar-refractivity contribution < 1.29 is 22.8 Å². The first kappa shape index (κ1) is 15.6. The van der Waals surface area contributed by atoms with Gasteiger partial charge >= 0.3 is 0 Å². The molecular formula is C14H14F3N3O3. The van der Waals surface area contributed by atoms with Gasteiger partial charge in [-0.15, -0.1) is 0 Å². The minimum absolute atomic E-state index is 0.134. The lowest BCUT2D eigenvalue weighted by atomic mass is 9.77. The summed E-state index contributed by atoms with van der Waals surface area (Å²) in [5, 5.41) is 10.9. The highest BCUT2D eigenvalue weighted by Crippen LogP contribution is 2.52. The number of benzene rings is 1. The molecular weight excluding hydrogens is 315 g/mol. The van der Waals surface area contributed by atoms with Crippen LogP contribution in [0.5, 0.6) is 0 Å². The van der Waals surface area contributed by atoms with Crippen LogP contribution in [0.3, 0.4) is 0 Å². The van der Waals surface area contributed by atoms with Crippen LogP contribution in [-0.4, -0.2) is 23.0 Å². The van der Waals surface area contributed by atoms with Gasteiger partial charge in [-0.05, 0) is 13.0 Å². The molecule has 3 unspecified atom stereocenters. The number of rotatable bonds is 2. The third-order valence-electron chi connectivity index (χ3n) is 4.51. The van der Waals surface area contributed by atoms with Crippen LogP contribution in [-0.2, 0) is 10.3 Å². The van der Waals surface area contributed by atoms with Crippen molar-refractivity contribution in [2.45, 2.75) is 37.3 Å². The minimum Gasteiger partial charge on any atom is -0.461 e. The number of halogens is 3. The average Bonchev–Trinajstić information content (AvgIpc) is 2.73. The number of fused-ring (bicyclic) bond motifs is 1. The summed E-state index contributed by atoms with van der Waals surface area (Å²) in [5.41, 5.74) is 3.63. The number of aliphatic imine (C=N–C) groups is 1. The zero-order chi connectivity index (χ0) is 17.0. The second-order valence-electron chi connectivity index (χ2n) is 6.05. The van der Waals surface area contributed by atoms with Crippen LogP contribution in [0.4, 0.5) is 18.9 Å². The molecule has 1 aliphatic heterocycles. The molecule has 0 amide bonds. The molecule has 1 aromatic rings. The van der Waals surface area contributed by atoms with Gasteiger partial charge in [-0.25, -0.2) is 18.2 Å². The van der Waals surface area contributed by atoms with Crippen molar-refractivity contribution in [3.8, 4) is 0 Å². The number of nitro groups is 1. The van der Waals surface area contributed by atoms with Crippen LogP contribution in [0.15, 0.2) is 23.2 Å². The predicted molar refractivity (Wildman–Crippen MR) is 74.6 cm³/mol. The van der Waals surface area contributed by atoms with Gasteiger partial charge in [0.05, 0.1) is 10.5 Å². The predicted octanol–water partition coefficient (Wildman–Crippen LogP) is 2.71. The van der Waals surface area contributed by atoms with Gasteiger partial charge in [0, 0.05) is 36.5 Å². The monoisotopic (exact) mass is 329 g/mol. The van der Waals surface area contributed by atoms with Gasteiger partial charge in [0.2, 0.25) is 0 Å². The summed E-state index contributed by atoms with van der Waals surface area (Å²) in [6.07, 6.45) is -2.00. The van der Waals surface area contributed by atoms with Gasteiger partial charge in [-0.2, -0.15) is 0 Å². The van der Waals surface area contributed by atoms with E-state index < -0.39 is 47.1 Å². The van der Waals surface area contributed by atoms with Gasteiger partial charge in [-0.3, -0.25) is 10.1 Å². The van der Waals surface area contributed by atoms with E-state index in [0.717, 1.165) is 18.2 Å². The quantitative estimate of drug-likeness (QED) is 0.667. The summed E-state index contributed by atoms with van der Waals surface area (Å²) in [5.74, 6) is -4.57. The number of nitro benzene ring substituents is 1. The Morgan fingerprint density at radius 2 is 2.13 bits per heavy atom. The van der Waals surface area contributed by atoms with Crippen LogP contribution >= 0.6 is 0 Å². The molecule has 23 heavy (non-hydrogen) atoms. The SMILES string of the molecule is CC1(c2cc([N+](=O)[O-])ccc2F)N=C(N)OC2CC(F)(F)CC21. The molecule has 124 valence electrons. The molecule has 3 atom stereocenters. The molecule has 0 aromatic heterocycles. The molecule has 0 spiro atoms. The highest BCUT2D eigenvalue weighted by atomic mass is 19.3. The second kappa shape index (κ2) is 4.84. The summed E-state index contributed by atoms with van der Waals surface area (Å²) in [7, 11) is 0. The Morgan fingerprint density at radius 3 is 2.78 bits per heavy atom. The lowest BCUT2D eigenvalue weighted by Gasteiger charge is -2.39. The lowest BCUT2D eigenvalue weighted by molar-refractivity contribution is -0.385. The third kappa shape index (κ3) is 2.49. The summed E-state index contributed by atoms with van der Waals surface area (Å²) < 4.78 is 47.0. The van der Waals surface area contributed by atoms with Gasteiger partial charge < -0.3 is 10.5 Å². The topological polar surface area (TPSA) is 90.8 Å². The van der Waals surface area contributed by atoms with Gasteiger partial charge in [0.15, 0.2) is 0 Å². The number of alkyl halides is 2. The number of nitrogens with zero attached hydrogens (tertiary/aromatic N) is 2. The molecule has 9 heteroatoms. The number of non-ortho nitro benzene ring substituents is 1. The van der Waals surface area contributed by atoms with Gasteiger partial charge in [0.1, 0.15) is 11.9 Å². The smallest absolute Gasteiger partial charge is 0.283 e. The highest BCUT2D eigenvalue weighted by molar-refractivity contribution is 5.73. The van der Waals surface area contributed by atoms with Gasteiger partial charge in [0.25, 0.3) is 17.6 Å². The fourth-order valence-electron chi connectivity index (χ4n) is 3.43. The van der Waals surface area contributed by atoms with Crippen molar-refractivity contribution in [2.75, 3.05) is 0 Å². The number of ether oxygens (including phenoxy) is 1. The van der Waals surface area contributed by atoms with Crippen molar-refractivity contribution in [1.82, 2.24) is 0 Å². The Kier molecular flexibility index (Phi) is 3.27. The van der Waals surface area contributed by atoms with E-state index in [-0.39, 0.29) is 17.3 Å². The maximum absolute atomic E-state index is 14.3. The molecule has 6 nitrogen and oxygen atoms in total. The van der Waals surface area contributed by atoms with Crippen LogP contribution in [0, 0.1) is 21.8 Å². The van der Waals surface area contributed by atoms with Crippen molar-refractivity contribution in [3.63, 3.8) is 0 Å². The fraction of sp³-hybridized carbons (Fsp3) is 0.500. The van der Waals surface area contributed by atoms with E-state index in [1.165, 1.54) is 6.92 Å². The first-order valence-corrected chi connectivity index (χ1v) is 6.97. The highest BCUT2D eigenvalue weighted by Gasteiger charge is 2.58. The first-order valence-electron chi connectivity index (χ1n) is 6.97. The van der Waals surface area contributed by atoms with E-state index in [4.69, 9.17) is 10.5 Å². The minimum atomic E-state index is -2.98. The number of hydrogen-bond acceptors (Lipinski definition) is 5. The zero-order valence-electron chi connectivity index (χ0n) is 12.1. The van der Waals surface area contributed by atoms with E-state index in [9.17, 15) is 23.3 Å². The lowest BCUT2D eigenvalue weighted by Crippen LogP contribution is -2.45. The Bertz CT molecular complexity index is 710. The molecule has 0 saturated heterocycles. The summed E-state index contributed by atoms with van der Waals surface area (Å²) in [6.45, 7) is 1.45. The molecule has 1 aromatic carbocycles. The van der Waals surface area contributed by atoms with Crippen LogP contribution in [0.1, 0.15) is 25.3 Å². The Morgan fingerprint density at radius 1 is 1.43 bits per heavy atom. The maximum atomic E-state index is 14.3. The molecule has 2 aliphatic rings. The molecule has 0 radical (unpaired) electrons. The average molecular weight is 329 g/mol. The molecule has 0 bridgehead atoms. The van der Waals surface area contributed by atoms with E-state index in [2.05, 4.69) is 4.99 Å². The number of nitrogens with two attached hydrogens (primary N) is 1. The summed E-state index contributed by atoms with van der Waals surface area (Å²) in [6, 6.07) is 2.64. The molecule has 3 rings (SSSR count). The first-order chi connectivity index (χ1) is 10.6. The summed E-state index contributed by atoms with van der Waals surface area (Å²) in [4.78, 5) is 14.3. The number of amidine groups is 1. The third-order valence-corrected chi connectivity index (χ3v) is 4.51. The standard InChI is InChI=1S/C14H14F3N3O3/c1-13(8-4-7(20(21)22)2-3-10(8)15)9-5-14(16,17)6-11(9)23-12(18)19-13/h2-4,9,11H,5-6H2,1H3,(H2,18,19). The zero-order valence-corrected chi connectivity index (χ0v) is 12.1. The van der Waals surface area contributed by atoms with Crippen LogP contribution in [0.25, 0.3) is 0 Å². The van der Waals surface area contributed by atoms with E-state index in [1.807, 2.05) is 0 Å². The molecule has 1 aliphatic carbocycles. The van der Waals surface area contributed by atoms with E-state index >= 15 is 0 Å². The van der Waals surface area contributed by atoms with E-state index in [0.29, 0.717) is 0 Å². The molecule has 1 saturated carbocycles. The second-order valence-corrected chi connectivity index (χ2v) is 6.05. The largest absolute Gasteiger partial charge is 0.461 e. The van der Waals surface area contributed by atoms with Gasteiger partial charge in [-0.1, -0.05) is 0 Å². The Hall–Kier alpha value is -2.32. The maximum Gasteiger partial charge on any atom is 0.283 e. The molecule has 1 fully saturated rings. The molecule has 2 N–H and O–H groups in total. The van der Waals surface area contributed by atoms with Crippen molar-refractivity contribution in [3.05, 3.63) is 39.7 Å². The summed E-state index contributed by atoms with van der Waals surface area (Å²) >= 11 is 0. The number of hydrogen-bond donors (Lipinski definition) is 1. The Balaban J connectivity index is 2.14. The van der Waals surface area contributed by atoms with Crippen LogP contribution in [0.2, 0.25) is 0 Å². The van der Waals surface area contributed by atoms with Crippen molar-refractivity contribution >= 4 is 11.7 Å². The normalized spacial score (nSPS) is 31.9. The molecule has 1 heterocycles.